The lowest BCUT2D eigenvalue weighted by molar-refractivity contribution is -0.145. The third-order valence-corrected chi connectivity index (χ3v) is 28.4. The van der Waals surface area contributed by atoms with Crippen LogP contribution in [0.15, 0.2) is 0 Å². The fourth-order valence-corrected chi connectivity index (χ4v) is 18.0. The molecule has 29 nitrogen and oxygen atoms in total. The number of amides is 7. The molecular weight excluding hydrogens is 1680 g/mol. The van der Waals surface area contributed by atoms with Gasteiger partial charge in [-0.05, 0) is 225 Å². The van der Waals surface area contributed by atoms with Gasteiger partial charge in [0.25, 0.3) is 5.91 Å². The van der Waals surface area contributed by atoms with Crippen molar-refractivity contribution in [3.63, 3.8) is 0 Å². The number of nitrogens with two attached hydrogens (primary N) is 1. The normalized spacial score (nSPS) is 24.9. The lowest BCUT2D eigenvalue weighted by Crippen LogP contribution is -2.59. The van der Waals surface area contributed by atoms with E-state index in [9.17, 15) is 67.2 Å². The molecule has 2 aliphatic carbocycles. The molecule has 13 N–H and O–H groups in total. The second-order valence-electron chi connectivity index (χ2n) is 44.3. The number of ether oxygens (including phenoxy) is 2. The molecule has 6 unspecified atom stereocenters. The summed E-state index contributed by atoms with van der Waals surface area (Å²) in [5.41, 5.74) is 4.29. The van der Waals surface area contributed by atoms with E-state index in [1.807, 2.05) is 55.4 Å². The predicted molar refractivity (Wildman–Crippen MR) is 518 cm³/mol. The number of β-amino-alcohol motifs (C(OH)–C–C–N with tert-alkyl or cyclic N) is 2. The van der Waals surface area contributed by atoms with Crippen LogP contribution in [-0.4, -0.2) is 358 Å². The van der Waals surface area contributed by atoms with Gasteiger partial charge in [-0.3, -0.25) is 53.2 Å². The molecule has 7 amide bonds. The molecule has 2 saturated carbocycles. The van der Waals surface area contributed by atoms with E-state index in [2.05, 4.69) is 194 Å². The number of nitrogens with one attached hydrogen (secondary N) is 7. The number of nitrogens with zero attached hydrogens (tertiary/aromatic N) is 8. The van der Waals surface area contributed by atoms with Crippen molar-refractivity contribution in [2.45, 2.75) is 421 Å². The summed E-state index contributed by atoms with van der Waals surface area (Å²) in [5.74, 6) is 0.994. The van der Waals surface area contributed by atoms with Gasteiger partial charge >= 0.3 is 6.18 Å². The lowest BCUT2D eigenvalue weighted by atomic mass is 9.69. The third kappa shape index (κ3) is 44.0. The van der Waals surface area contributed by atoms with Crippen LogP contribution in [0.5, 0.6) is 0 Å². The quantitative estimate of drug-likeness (QED) is 0.0287. The molecule has 10 aliphatic rings. The third-order valence-electron chi connectivity index (χ3n) is 28.4. The first-order valence-electron chi connectivity index (χ1n) is 50.7. The van der Waals surface area contributed by atoms with E-state index in [1.165, 1.54) is 6.42 Å². The van der Waals surface area contributed by atoms with Gasteiger partial charge in [-0.1, -0.05) is 68.7 Å². The van der Waals surface area contributed by atoms with Crippen molar-refractivity contribution in [1.29, 1.82) is 0 Å². The Morgan fingerprint density at radius 2 is 0.794 bits per heavy atom. The van der Waals surface area contributed by atoms with E-state index < -0.39 is 54.3 Å². The number of hydrogen-bond donors (Lipinski definition) is 12. The summed E-state index contributed by atoms with van der Waals surface area (Å²) in [4.78, 5) is 102. The highest BCUT2D eigenvalue weighted by Gasteiger charge is 2.51. The smallest absolute Gasteiger partial charge is 0.389 e. The van der Waals surface area contributed by atoms with E-state index in [0.29, 0.717) is 125 Å². The van der Waals surface area contributed by atoms with Gasteiger partial charge in [0.2, 0.25) is 35.4 Å². The molecule has 32 heteroatoms. The first-order valence-corrected chi connectivity index (χ1v) is 50.7. The first kappa shape index (κ1) is 119. The van der Waals surface area contributed by atoms with Crippen LogP contribution in [0.4, 0.5) is 13.2 Å². The van der Waals surface area contributed by atoms with Crippen LogP contribution < -0.4 is 43.0 Å². The lowest BCUT2D eigenvalue weighted by Gasteiger charge is -2.45. The van der Waals surface area contributed by atoms with Crippen LogP contribution in [-0.2, 0) is 43.0 Å². The van der Waals surface area contributed by atoms with Crippen molar-refractivity contribution >= 4 is 41.4 Å². The van der Waals surface area contributed by atoms with Crippen molar-refractivity contribution in [1.82, 2.24) is 76.4 Å². The van der Waals surface area contributed by atoms with Crippen molar-refractivity contribution in [3.05, 3.63) is 0 Å². The molecule has 8 saturated heterocycles. The highest BCUT2D eigenvalue weighted by molar-refractivity contribution is 5.88. The van der Waals surface area contributed by atoms with Crippen molar-refractivity contribution in [2.75, 3.05) is 144 Å². The number of piperidine rings is 7. The summed E-state index contributed by atoms with van der Waals surface area (Å²) in [6.45, 7) is 71.7. The van der Waals surface area contributed by atoms with Crippen molar-refractivity contribution < 1.29 is 76.6 Å². The number of carbonyl (C=O) groups is 7. The largest absolute Gasteiger partial charge is 0.394 e. The Bertz CT molecular complexity index is 3240. The Morgan fingerprint density at radius 3 is 1.14 bits per heavy atom. The Hall–Kier alpha value is -4.52. The molecule has 8 aliphatic heterocycles. The molecule has 0 aromatic carbocycles. The molecule has 0 aromatic heterocycles. The van der Waals surface area contributed by atoms with Gasteiger partial charge in [0.05, 0.1) is 74.8 Å². The van der Waals surface area contributed by atoms with E-state index in [4.69, 9.17) is 15.2 Å². The number of likely N-dealkylation sites (tertiary alicyclic amines) is 7. The minimum absolute atomic E-state index is 0.00773. The van der Waals surface area contributed by atoms with E-state index in [-0.39, 0.29) is 88.1 Å². The average Bonchev–Trinajstić information content (AvgIpc) is 1.61. The van der Waals surface area contributed by atoms with Gasteiger partial charge in [-0.25, -0.2) is 0 Å². The van der Waals surface area contributed by atoms with Gasteiger partial charge in [0.15, 0.2) is 0 Å². The summed E-state index contributed by atoms with van der Waals surface area (Å²) < 4.78 is 47.3. The number of aliphatic hydroxyl groups is 4. The van der Waals surface area contributed by atoms with Gasteiger partial charge in [-0.15, -0.1) is 0 Å². The van der Waals surface area contributed by atoms with Crippen LogP contribution >= 0.6 is 0 Å². The highest BCUT2D eigenvalue weighted by atomic mass is 19.4. The van der Waals surface area contributed by atoms with Crippen LogP contribution in [0.25, 0.3) is 0 Å². The Labute approximate surface area is 790 Å². The number of morpholine rings is 1. The summed E-state index contributed by atoms with van der Waals surface area (Å²) >= 11 is 0. The molecule has 131 heavy (non-hydrogen) atoms. The number of halogens is 3. The van der Waals surface area contributed by atoms with Crippen LogP contribution in [0.1, 0.15) is 308 Å². The Kier molecular flexibility index (Phi) is 51.2. The molecule has 8 heterocycles. The fourth-order valence-electron chi connectivity index (χ4n) is 18.0. The topological polar surface area (TPSA) is 355 Å². The fraction of sp³-hybridized carbons (Fsp3) is 0.929. The zero-order valence-electron chi connectivity index (χ0n) is 86.5. The Balaban J connectivity index is 0.000000321. The minimum atomic E-state index is -4.32. The van der Waals surface area contributed by atoms with Gasteiger partial charge in [0, 0.05) is 214 Å². The average molecular weight is 1870 g/mol. The Morgan fingerprint density at radius 1 is 0.435 bits per heavy atom. The maximum absolute atomic E-state index is 12.3. The zero-order chi connectivity index (χ0) is 98.7. The van der Waals surface area contributed by atoms with Gasteiger partial charge in [0.1, 0.15) is 5.60 Å². The first-order chi connectivity index (χ1) is 61.0. The zero-order valence-corrected chi connectivity index (χ0v) is 86.5. The number of alkyl halides is 3. The number of hydrogen-bond acceptors (Lipinski definition) is 22. The second kappa shape index (κ2) is 56.5. The number of rotatable bonds is 31. The van der Waals surface area contributed by atoms with Gasteiger partial charge in [-0.2, -0.15) is 13.2 Å². The van der Waals surface area contributed by atoms with Crippen molar-refractivity contribution in [3.8, 4) is 0 Å². The summed E-state index contributed by atoms with van der Waals surface area (Å²) in [6.07, 6.45) is 9.07. The monoisotopic (exact) mass is 1870 g/mol. The summed E-state index contributed by atoms with van der Waals surface area (Å²) in [5, 5.41) is 60.5. The number of carbonyl (C=O) groups excluding carboxylic acids is 7. The molecule has 10 fully saturated rings. The summed E-state index contributed by atoms with van der Waals surface area (Å²) in [6, 6.07) is 3.26. The molecular formula is C99H191F3N16O13. The SMILES string of the molecule is CC(C)C(=O)NC1(COCCN2CCOCC2)CCN(C(C)C)CC1.CC(C)CC(=O)NC1(CO)CCN(C(C)C)CC1.CC(C)CC(=O)NC1CCN(C(C)C)CC1N.CC(C)CC(=O)NC1CCN(C(C)C)CC1O.CC(C)N1CCC(C)(NC(=O)C2(C)CCC2)CC1.CC(C)N1CCC(C)(NC(=O)C2(O)CC2)CC1.CC(C)N1CCC(NC(=O)CCC(F)(F)F)C(O)C1. The van der Waals surface area contributed by atoms with Crippen LogP contribution in [0.2, 0.25) is 0 Å². The summed E-state index contributed by atoms with van der Waals surface area (Å²) in [7, 11) is 0. The standard InChI is InChI=1S/C19H37N3O3.C15H28N2O.C14H28N2O2.C13H27N3O.C13H24N2O2.C13H26N2O2.C12H21F3N2O2/c1-16(2)18(23)20-19(5-7-22(8-6-19)17(3)4)15-25-14-11-21-9-12-24-13-10-21;1-12(2)17-10-8-15(4,9-11-17)16-13(18)14(3)6-5-7-14;1-11(2)9-13(18)15-14(10-17)5-7-16(8-6-14)12(3)4;1-9(2)7-13(17)15-12-5-6-16(10(3)4)8-11(12)14;1-10(2)15-8-6-12(3,7-9-15)14-11(16)13(17)4-5-13;1-9(2)7-13(17)14-11-5-6-15(10(3)4)8-12(11)16;1-8(2)17-6-4-9(10(18)7-17)16-11(19)3-5-12(13,14)15/h16-17H,5-15H2,1-4H3,(H,20,23);12H,5-11H2,1-4H3,(H,16,18);11-12,17H,5-10H2,1-4H3,(H,15,18);9-12H,5-8,14H2,1-4H3,(H,15,17);10,17H,4-9H2,1-3H3,(H,14,16);9-12,16H,5-8H2,1-4H3,(H,14,17);8-10,18H,3-7H2,1-2H3,(H,16,19). The molecule has 0 spiro atoms. The molecule has 766 valence electrons. The molecule has 0 aromatic rings. The maximum Gasteiger partial charge on any atom is 0.389 e. The van der Waals surface area contributed by atoms with E-state index >= 15 is 0 Å². The van der Waals surface area contributed by atoms with Gasteiger partial charge < -0.3 is 92.5 Å². The van der Waals surface area contributed by atoms with E-state index in [1.54, 1.807) is 0 Å². The molecule has 10 rings (SSSR count). The molecule has 0 radical (unpaired) electrons. The minimum Gasteiger partial charge on any atom is -0.394 e. The molecule has 6 atom stereocenters. The maximum atomic E-state index is 12.3. The van der Waals surface area contributed by atoms with Crippen LogP contribution in [0.3, 0.4) is 0 Å². The van der Waals surface area contributed by atoms with Crippen molar-refractivity contribution in [2.24, 2.45) is 34.8 Å². The number of aliphatic hydroxyl groups excluding tert-OH is 3. The molecule has 0 bridgehead atoms. The van der Waals surface area contributed by atoms with E-state index in [0.717, 1.165) is 188 Å². The second-order valence-corrected chi connectivity index (χ2v) is 44.3. The highest BCUT2D eigenvalue weighted by Crippen LogP contribution is 2.42. The van der Waals surface area contributed by atoms with Crippen LogP contribution in [0, 0.1) is 29.1 Å². The predicted octanol–water partition coefficient (Wildman–Crippen LogP) is 9.42.